The van der Waals surface area contributed by atoms with Gasteiger partial charge < -0.3 is 16.0 Å². The summed E-state index contributed by atoms with van der Waals surface area (Å²) < 4.78 is 0. The minimum absolute atomic E-state index is 0.438. The molecule has 1 aromatic rings. The summed E-state index contributed by atoms with van der Waals surface area (Å²) in [6, 6.07) is 2.77. The molecule has 3 fully saturated rings. The molecule has 0 amide bonds. The lowest BCUT2D eigenvalue weighted by atomic mass is 9.86. The minimum Gasteiger partial charge on any atom is -0.368 e. The molecular weight excluding hydrogens is 250 g/mol. The molecule has 20 heavy (non-hydrogen) atoms. The van der Waals surface area contributed by atoms with Gasteiger partial charge in [0, 0.05) is 31.1 Å². The smallest absolute Gasteiger partial charge is 0.222 e. The molecule has 3 atom stereocenters. The quantitative estimate of drug-likeness (QED) is 0.870. The van der Waals surface area contributed by atoms with Crippen LogP contribution < -0.4 is 16.0 Å². The third-order valence-corrected chi connectivity index (χ3v) is 5.48. The van der Waals surface area contributed by atoms with Gasteiger partial charge in [-0.3, -0.25) is 0 Å². The van der Waals surface area contributed by atoms with Crippen LogP contribution in [0.3, 0.4) is 0 Å². The first-order valence-electron chi connectivity index (χ1n) is 7.79. The third-order valence-electron chi connectivity index (χ3n) is 5.48. The van der Waals surface area contributed by atoms with Crippen LogP contribution in [-0.2, 0) is 0 Å². The van der Waals surface area contributed by atoms with E-state index < -0.39 is 0 Å². The van der Waals surface area contributed by atoms with E-state index in [1.54, 1.807) is 0 Å². The number of likely N-dealkylation sites (N-methyl/N-ethyl adjacent to an activating group) is 1. The summed E-state index contributed by atoms with van der Waals surface area (Å²) in [7, 11) is 2.01. The Morgan fingerprint density at radius 2 is 2.10 bits per heavy atom. The van der Waals surface area contributed by atoms with Gasteiger partial charge >= 0.3 is 0 Å². The van der Waals surface area contributed by atoms with Crippen LogP contribution in [0.25, 0.3) is 0 Å². The second-order valence-corrected chi connectivity index (χ2v) is 6.68. The molecule has 3 aliphatic rings. The Bertz CT molecular complexity index is 511. The zero-order valence-corrected chi connectivity index (χ0v) is 12.0. The van der Waals surface area contributed by atoms with Crippen molar-refractivity contribution in [2.75, 3.05) is 30.8 Å². The van der Waals surface area contributed by atoms with Crippen molar-refractivity contribution < 1.29 is 0 Å². The lowest BCUT2D eigenvalue weighted by molar-refractivity contribution is 0.412. The maximum atomic E-state index is 5.94. The van der Waals surface area contributed by atoms with Gasteiger partial charge in [0.15, 0.2) is 0 Å². The Labute approximate surface area is 120 Å². The zero-order chi connectivity index (χ0) is 13.7. The molecule has 0 unspecified atom stereocenters. The Morgan fingerprint density at radius 3 is 2.75 bits per heavy atom. The van der Waals surface area contributed by atoms with Crippen molar-refractivity contribution in [2.24, 2.45) is 11.8 Å². The van der Waals surface area contributed by atoms with Crippen molar-refractivity contribution >= 4 is 11.8 Å². The van der Waals surface area contributed by atoms with Crippen LogP contribution in [0.2, 0.25) is 0 Å². The van der Waals surface area contributed by atoms with E-state index in [2.05, 4.69) is 26.3 Å². The summed E-state index contributed by atoms with van der Waals surface area (Å²) in [4.78, 5) is 11.2. The fourth-order valence-corrected chi connectivity index (χ4v) is 4.28. The first-order valence-corrected chi connectivity index (χ1v) is 7.79. The van der Waals surface area contributed by atoms with Gasteiger partial charge in [0.1, 0.15) is 5.82 Å². The number of nitrogens with one attached hydrogen (secondary N) is 1. The average molecular weight is 273 g/mol. The number of fused-ring (bicyclic) bond motifs is 2. The second-order valence-electron chi connectivity index (χ2n) is 6.68. The predicted molar refractivity (Wildman–Crippen MR) is 79.7 cm³/mol. The highest BCUT2D eigenvalue weighted by molar-refractivity contribution is 5.47. The van der Waals surface area contributed by atoms with Crippen LogP contribution in [0.4, 0.5) is 11.8 Å². The number of hydrogen-bond donors (Lipinski definition) is 2. The van der Waals surface area contributed by atoms with Crippen LogP contribution in [0.15, 0.2) is 6.07 Å². The molecule has 0 spiro atoms. The van der Waals surface area contributed by atoms with Gasteiger partial charge in [0.05, 0.1) is 5.69 Å². The maximum Gasteiger partial charge on any atom is 0.222 e. The molecule has 2 saturated carbocycles. The van der Waals surface area contributed by atoms with E-state index in [9.17, 15) is 0 Å². The molecule has 4 rings (SSSR count). The minimum atomic E-state index is 0.438. The van der Waals surface area contributed by atoms with Crippen molar-refractivity contribution in [1.82, 2.24) is 15.3 Å². The first kappa shape index (κ1) is 12.4. The van der Waals surface area contributed by atoms with Gasteiger partial charge in [-0.15, -0.1) is 0 Å². The van der Waals surface area contributed by atoms with Gasteiger partial charge in [0.2, 0.25) is 5.95 Å². The van der Waals surface area contributed by atoms with Crippen molar-refractivity contribution in [3.05, 3.63) is 11.8 Å². The second kappa shape index (κ2) is 4.58. The molecular formula is C15H23N5. The lowest BCUT2D eigenvalue weighted by Gasteiger charge is -2.40. The van der Waals surface area contributed by atoms with Crippen LogP contribution in [0.5, 0.6) is 0 Å². The summed E-state index contributed by atoms with van der Waals surface area (Å²) in [5.74, 6) is 3.85. The van der Waals surface area contributed by atoms with Crippen LogP contribution in [-0.4, -0.2) is 36.1 Å². The van der Waals surface area contributed by atoms with E-state index in [0.717, 1.165) is 30.7 Å². The summed E-state index contributed by atoms with van der Waals surface area (Å²) in [6.45, 7) is 2.03. The van der Waals surface area contributed by atoms with Crippen molar-refractivity contribution in [3.8, 4) is 0 Å². The highest BCUT2D eigenvalue weighted by Gasteiger charge is 2.41. The maximum absolute atomic E-state index is 5.94. The highest BCUT2D eigenvalue weighted by Crippen LogP contribution is 2.52. The van der Waals surface area contributed by atoms with Gasteiger partial charge in [-0.05, 0) is 38.1 Å². The number of rotatable bonds is 3. The lowest BCUT2D eigenvalue weighted by Crippen LogP contribution is -2.57. The number of nitrogens with two attached hydrogens (primary N) is 1. The molecule has 0 aromatic carbocycles. The monoisotopic (exact) mass is 273 g/mol. The molecule has 5 heteroatoms. The van der Waals surface area contributed by atoms with Crippen LogP contribution in [0, 0.1) is 11.8 Å². The summed E-state index contributed by atoms with van der Waals surface area (Å²) in [6.07, 6.45) is 5.50. The summed E-state index contributed by atoms with van der Waals surface area (Å²) >= 11 is 0. The van der Waals surface area contributed by atoms with Crippen molar-refractivity contribution in [2.45, 2.75) is 37.6 Å². The van der Waals surface area contributed by atoms with E-state index in [1.165, 1.54) is 31.4 Å². The van der Waals surface area contributed by atoms with Gasteiger partial charge in [-0.25, -0.2) is 4.98 Å². The van der Waals surface area contributed by atoms with Gasteiger partial charge in [0.25, 0.3) is 0 Å². The standard InChI is InChI=1S/C15H23N5/c1-17-11-7-20(8-11)14-6-13(18-15(16)19-14)12-5-9-2-3-10(12)4-9/h6,9-12,17H,2-5,7-8H2,1H3,(H2,16,18,19)/t9-,10+,12+/m1/s1. The Balaban J connectivity index is 1.57. The van der Waals surface area contributed by atoms with Gasteiger partial charge in [-0.1, -0.05) is 6.42 Å². The summed E-state index contributed by atoms with van der Waals surface area (Å²) in [5.41, 5.74) is 7.13. The van der Waals surface area contributed by atoms with Crippen molar-refractivity contribution in [3.63, 3.8) is 0 Å². The van der Waals surface area contributed by atoms with E-state index in [1.807, 2.05) is 7.05 Å². The molecule has 5 nitrogen and oxygen atoms in total. The summed E-state index contributed by atoms with van der Waals surface area (Å²) in [5, 5.41) is 3.29. The number of nitrogens with zero attached hydrogens (tertiary/aromatic N) is 3. The molecule has 2 aliphatic carbocycles. The highest BCUT2D eigenvalue weighted by atomic mass is 15.3. The normalized spacial score (nSPS) is 32.6. The molecule has 1 saturated heterocycles. The van der Waals surface area contributed by atoms with Crippen LogP contribution >= 0.6 is 0 Å². The molecule has 2 heterocycles. The fourth-order valence-electron chi connectivity index (χ4n) is 4.28. The predicted octanol–water partition coefficient (Wildman–Crippen LogP) is 1.37. The zero-order valence-electron chi connectivity index (χ0n) is 12.0. The molecule has 3 N–H and O–H groups in total. The number of aromatic nitrogens is 2. The molecule has 1 aliphatic heterocycles. The Kier molecular flexibility index (Phi) is 2.84. The number of hydrogen-bond acceptors (Lipinski definition) is 5. The van der Waals surface area contributed by atoms with Gasteiger partial charge in [-0.2, -0.15) is 4.98 Å². The van der Waals surface area contributed by atoms with E-state index in [0.29, 0.717) is 17.9 Å². The Morgan fingerprint density at radius 1 is 1.25 bits per heavy atom. The first-order chi connectivity index (χ1) is 9.72. The third kappa shape index (κ3) is 1.95. The molecule has 108 valence electrons. The number of anilines is 2. The Hall–Kier alpha value is -1.36. The van der Waals surface area contributed by atoms with E-state index in [4.69, 9.17) is 5.73 Å². The van der Waals surface area contributed by atoms with E-state index >= 15 is 0 Å². The SMILES string of the molecule is CNC1CN(c2cc([C@H]3C[C@@H]4CC[C@H]3C4)nc(N)n2)C1. The number of nitrogen functional groups attached to an aromatic ring is 1. The topological polar surface area (TPSA) is 67.1 Å². The van der Waals surface area contributed by atoms with Crippen molar-refractivity contribution in [1.29, 1.82) is 0 Å². The molecule has 2 bridgehead atoms. The van der Waals surface area contributed by atoms with Crippen LogP contribution in [0.1, 0.15) is 37.3 Å². The average Bonchev–Trinajstić information content (AvgIpc) is 2.99. The largest absolute Gasteiger partial charge is 0.368 e. The fraction of sp³-hybridized carbons (Fsp3) is 0.733. The molecule has 1 aromatic heterocycles. The molecule has 0 radical (unpaired) electrons. The van der Waals surface area contributed by atoms with E-state index in [-0.39, 0.29) is 0 Å².